The molecule has 2 aromatic carbocycles. The highest BCUT2D eigenvalue weighted by atomic mass is 19.1. The second-order valence-corrected chi connectivity index (χ2v) is 6.40. The molecule has 0 saturated heterocycles. The van der Waals surface area contributed by atoms with Gasteiger partial charge in [-0.25, -0.2) is 18.3 Å². The molecule has 0 saturated carbocycles. The molecule has 0 atom stereocenters. The highest BCUT2D eigenvalue weighted by molar-refractivity contribution is 6.05. The standard InChI is InChI=1S/C21H16F2N4O/c1-12-19(14-6-4-3-5-7-14)20-24-11-16(13(2)27(20)26-12)21(28)25-18-9-8-15(22)10-17(18)23/h3-11H,1-2H3,(H,25,28). The molecule has 1 amide bonds. The number of fused-ring (bicyclic) bond motifs is 1. The first kappa shape index (κ1) is 17.8. The summed E-state index contributed by atoms with van der Waals surface area (Å²) in [5.41, 5.74) is 3.99. The van der Waals surface area contributed by atoms with Gasteiger partial charge >= 0.3 is 0 Å². The average molecular weight is 378 g/mol. The third-order valence-corrected chi connectivity index (χ3v) is 4.55. The lowest BCUT2D eigenvalue weighted by Gasteiger charge is -2.09. The Kier molecular flexibility index (Phi) is 4.35. The molecule has 0 fully saturated rings. The number of halogens is 2. The molecule has 1 N–H and O–H groups in total. The molecule has 0 aliphatic heterocycles. The lowest BCUT2D eigenvalue weighted by atomic mass is 10.1. The van der Waals surface area contributed by atoms with Gasteiger partial charge in [-0.2, -0.15) is 5.10 Å². The first-order valence-electron chi connectivity index (χ1n) is 8.62. The van der Waals surface area contributed by atoms with Crippen LogP contribution in [0, 0.1) is 25.5 Å². The van der Waals surface area contributed by atoms with Crippen LogP contribution in [0.15, 0.2) is 54.7 Å². The van der Waals surface area contributed by atoms with Crippen LogP contribution < -0.4 is 5.32 Å². The van der Waals surface area contributed by atoms with E-state index >= 15 is 0 Å². The third kappa shape index (κ3) is 3.00. The zero-order chi connectivity index (χ0) is 19.8. The van der Waals surface area contributed by atoms with Crippen LogP contribution in [-0.2, 0) is 0 Å². The Bertz CT molecular complexity index is 1200. The molecule has 0 aliphatic carbocycles. The van der Waals surface area contributed by atoms with Crippen molar-refractivity contribution in [1.82, 2.24) is 14.6 Å². The smallest absolute Gasteiger partial charge is 0.259 e. The van der Waals surface area contributed by atoms with Gasteiger partial charge in [0.2, 0.25) is 0 Å². The van der Waals surface area contributed by atoms with Crippen molar-refractivity contribution in [2.45, 2.75) is 13.8 Å². The number of aryl methyl sites for hydroxylation is 2. The Morgan fingerprint density at radius 2 is 1.82 bits per heavy atom. The van der Waals surface area contributed by atoms with Crippen LogP contribution in [0.2, 0.25) is 0 Å². The van der Waals surface area contributed by atoms with Crippen molar-refractivity contribution >= 4 is 17.2 Å². The molecule has 28 heavy (non-hydrogen) atoms. The molecule has 0 unspecified atom stereocenters. The molecule has 4 rings (SSSR count). The van der Waals surface area contributed by atoms with Gasteiger partial charge in [0, 0.05) is 17.8 Å². The molecule has 7 heteroatoms. The minimum atomic E-state index is -0.846. The number of carbonyl (C=O) groups excluding carboxylic acids is 1. The van der Waals surface area contributed by atoms with Crippen molar-refractivity contribution in [2.24, 2.45) is 0 Å². The Balaban J connectivity index is 1.75. The van der Waals surface area contributed by atoms with Gasteiger partial charge < -0.3 is 5.32 Å². The number of hydrogen-bond acceptors (Lipinski definition) is 3. The maximum atomic E-state index is 13.8. The number of hydrogen-bond donors (Lipinski definition) is 1. The van der Waals surface area contributed by atoms with E-state index in [4.69, 9.17) is 0 Å². The van der Waals surface area contributed by atoms with Crippen LogP contribution >= 0.6 is 0 Å². The fourth-order valence-electron chi connectivity index (χ4n) is 3.15. The Morgan fingerprint density at radius 1 is 1.07 bits per heavy atom. The third-order valence-electron chi connectivity index (χ3n) is 4.55. The van der Waals surface area contributed by atoms with Gasteiger partial charge in [0.25, 0.3) is 5.91 Å². The molecule has 2 aromatic heterocycles. The van der Waals surface area contributed by atoms with E-state index in [9.17, 15) is 13.6 Å². The van der Waals surface area contributed by atoms with Gasteiger partial charge in [0.1, 0.15) is 11.6 Å². The highest BCUT2D eigenvalue weighted by Gasteiger charge is 2.19. The number of amides is 1. The summed E-state index contributed by atoms with van der Waals surface area (Å²) in [6.07, 6.45) is 1.44. The van der Waals surface area contributed by atoms with E-state index in [1.54, 1.807) is 11.4 Å². The van der Waals surface area contributed by atoms with Crippen LogP contribution in [-0.4, -0.2) is 20.5 Å². The second kappa shape index (κ2) is 6.84. The van der Waals surface area contributed by atoms with Gasteiger partial charge in [0.05, 0.1) is 22.6 Å². The minimum absolute atomic E-state index is 0.104. The summed E-state index contributed by atoms with van der Waals surface area (Å²) < 4.78 is 28.5. The maximum Gasteiger partial charge on any atom is 0.259 e. The van der Waals surface area contributed by atoms with Crippen LogP contribution in [0.4, 0.5) is 14.5 Å². The van der Waals surface area contributed by atoms with Gasteiger partial charge in [0.15, 0.2) is 5.65 Å². The van der Waals surface area contributed by atoms with Gasteiger partial charge in [-0.3, -0.25) is 4.79 Å². The second-order valence-electron chi connectivity index (χ2n) is 6.40. The summed E-state index contributed by atoms with van der Waals surface area (Å²) >= 11 is 0. The number of carbonyl (C=O) groups is 1. The van der Waals surface area contributed by atoms with Crippen molar-refractivity contribution in [3.8, 4) is 11.1 Å². The predicted octanol–water partition coefficient (Wildman–Crippen LogP) is 4.54. The van der Waals surface area contributed by atoms with Crippen LogP contribution in [0.5, 0.6) is 0 Å². The summed E-state index contributed by atoms with van der Waals surface area (Å²) in [5, 5.41) is 6.97. The first-order valence-corrected chi connectivity index (χ1v) is 8.62. The van der Waals surface area contributed by atoms with Crippen LogP contribution in [0.3, 0.4) is 0 Å². The van der Waals surface area contributed by atoms with E-state index in [1.807, 2.05) is 37.3 Å². The van der Waals surface area contributed by atoms with Gasteiger partial charge in [-0.05, 0) is 31.5 Å². The number of nitrogens with zero attached hydrogens (tertiary/aromatic N) is 3. The summed E-state index contributed by atoms with van der Waals surface area (Å²) in [5.74, 6) is -2.11. The summed E-state index contributed by atoms with van der Waals surface area (Å²) in [6.45, 7) is 3.62. The molecule has 5 nitrogen and oxygen atoms in total. The van der Waals surface area contributed by atoms with E-state index in [0.29, 0.717) is 17.4 Å². The van der Waals surface area contributed by atoms with Gasteiger partial charge in [-0.15, -0.1) is 0 Å². The Morgan fingerprint density at radius 3 is 2.54 bits per heavy atom. The van der Waals surface area contributed by atoms with E-state index in [1.165, 1.54) is 12.3 Å². The zero-order valence-electron chi connectivity index (χ0n) is 15.2. The zero-order valence-corrected chi connectivity index (χ0v) is 15.2. The summed E-state index contributed by atoms with van der Waals surface area (Å²) in [6, 6.07) is 12.7. The fraction of sp³-hybridized carbons (Fsp3) is 0.0952. The predicted molar refractivity (Wildman–Crippen MR) is 102 cm³/mol. The molecule has 0 radical (unpaired) electrons. The number of anilines is 1. The van der Waals surface area contributed by atoms with Crippen molar-refractivity contribution in [3.63, 3.8) is 0 Å². The molecule has 140 valence electrons. The lowest BCUT2D eigenvalue weighted by Crippen LogP contribution is -2.17. The number of rotatable bonds is 3. The van der Waals surface area contributed by atoms with E-state index in [0.717, 1.165) is 22.9 Å². The Hall–Kier alpha value is -3.61. The van der Waals surface area contributed by atoms with Crippen molar-refractivity contribution in [1.29, 1.82) is 0 Å². The summed E-state index contributed by atoms with van der Waals surface area (Å²) in [7, 11) is 0. The van der Waals surface area contributed by atoms with E-state index in [-0.39, 0.29) is 11.3 Å². The fourth-order valence-corrected chi connectivity index (χ4v) is 3.15. The number of nitrogens with one attached hydrogen (secondary N) is 1. The largest absolute Gasteiger partial charge is 0.319 e. The average Bonchev–Trinajstić information content (AvgIpc) is 3.02. The quantitative estimate of drug-likeness (QED) is 0.569. The minimum Gasteiger partial charge on any atom is -0.319 e. The maximum absolute atomic E-state index is 13.8. The number of aromatic nitrogens is 3. The number of benzene rings is 2. The molecule has 4 aromatic rings. The van der Waals surface area contributed by atoms with Crippen LogP contribution in [0.1, 0.15) is 21.7 Å². The lowest BCUT2D eigenvalue weighted by molar-refractivity contribution is 0.102. The molecular weight excluding hydrogens is 362 g/mol. The SMILES string of the molecule is Cc1nn2c(C)c(C(=O)Nc3ccc(F)cc3F)cnc2c1-c1ccccc1. The topological polar surface area (TPSA) is 59.3 Å². The Labute approximate surface area is 159 Å². The molecule has 0 aliphatic rings. The van der Waals surface area contributed by atoms with Crippen molar-refractivity contribution < 1.29 is 13.6 Å². The van der Waals surface area contributed by atoms with E-state index < -0.39 is 17.5 Å². The monoisotopic (exact) mass is 378 g/mol. The molecular formula is C21H16F2N4O. The van der Waals surface area contributed by atoms with Crippen molar-refractivity contribution in [2.75, 3.05) is 5.32 Å². The molecule has 0 spiro atoms. The van der Waals surface area contributed by atoms with Gasteiger partial charge in [-0.1, -0.05) is 30.3 Å². The normalized spacial score (nSPS) is 11.0. The molecule has 0 bridgehead atoms. The van der Waals surface area contributed by atoms with Crippen molar-refractivity contribution in [3.05, 3.63) is 83.3 Å². The van der Waals surface area contributed by atoms with E-state index in [2.05, 4.69) is 15.4 Å². The molecule has 2 heterocycles. The first-order chi connectivity index (χ1) is 13.5. The highest BCUT2D eigenvalue weighted by Crippen LogP contribution is 2.28. The summed E-state index contributed by atoms with van der Waals surface area (Å²) in [4.78, 5) is 17.0. The van der Waals surface area contributed by atoms with Crippen LogP contribution in [0.25, 0.3) is 16.8 Å².